The number of nitrogens with zero attached hydrogens (tertiary/aromatic N) is 1. The molecule has 1 fully saturated rings. The summed E-state index contributed by atoms with van der Waals surface area (Å²) in [5.41, 5.74) is 1.36. The highest BCUT2D eigenvalue weighted by molar-refractivity contribution is 7.10. The van der Waals surface area contributed by atoms with Gasteiger partial charge in [-0.15, -0.1) is 11.3 Å². The first-order valence-electron chi connectivity index (χ1n) is 7.21. The molecule has 0 radical (unpaired) electrons. The second-order valence-corrected chi connectivity index (χ2v) is 6.51. The minimum absolute atomic E-state index is 0.539. The highest BCUT2D eigenvalue weighted by Gasteiger charge is 2.26. The molecule has 0 aromatic carbocycles. The van der Waals surface area contributed by atoms with Gasteiger partial charge in [0.25, 0.3) is 0 Å². The van der Waals surface area contributed by atoms with Crippen LogP contribution in [0.15, 0.2) is 35.8 Å². The third kappa shape index (κ3) is 2.93. The van der Waals surface area contributed by atoms with E-state index in [1.165, 1.54) is 36.3 Å². The molecule has 1 unspecified atom stereocenters. The van der Waals surface area contributed by atoms with Crippen molar-refractivity contribution in [3.8, 4) is 0 Å². The molecule has 1 aliphatic carbocycles. The predicted octanol–water partition coefficient (Wildman–Crippen LogP) is 4.11. The Hall–Kier alpha value is -1.06. The fourth-order valence-electron chi connectivity index (χ4n) is 3.15. The fourth-order valence-corrected chi connectivity index (χ4v) is 4.05. The van der Waals surface area contributed by atoms with E-state index in [4.69, 9.17) is 0 Å². The molecule has 3 heteroatoms. The van der Waals surface area contributed by atoms with Crippen LogP contribution in [0.4, 0.5) is 0 Å². The third-order valence-corrected chi connectivity index (χ3v) is 5.23. The first-order chi connectivity index (χ1) is 9.34. The van der Waals surface area contributed by atoms with Crippen LogP contribution in [0.5, 0.6) is 0 Å². The van der Waals surface area contributed by atoms with Crippen molar-refractivity contribution in [2.24, 2.45) is 13.0 Å². The lowest BCUT2D eigenvalue weighted by Gasteiger charge is -2.24. The van der Waals surface area contributed by atoms with E-state index in [1.807, 2.05) is 11.3 Å². The first kappa shape index (κ1) is 12.9. The summed E-state index contributed by atoms with van der Waals surface area (Å²) in [7, 11) is 2.12. The van der Waals surface area contributed by atoms with Crippen molar-refractivity contribution in [1.29, 1.82) is 0 Å². The lowest BCUT2D eigenvalue weighted by Crippen LogP contribution is -2.26. The summed E-state index contributed by atoms with van der Waals surface area (Å²) in [4.78, 5) is 1.50. The SMILES string of the molecule is Cn1cccc1CNC(c1cccs1)C1CCCC1. The van der Waals surface area contributed by atoms with Crippen molar-refractivity contribution in [3.63, 3.8) is 0 Å². The molecule has 2 heterocycles. The molecule has 1 saturated carbocycles. The smallest absolute Gasteiger partial charge is 0.0446 e. The average Bonchev–Trinajstić information content (AvgIpc) is 3.13. The summed E-state index contributed by atoms with van der Waals surface area (Å²) in [5, 5.41) is 5.99. The Balaban J connectivity index is 1.71. The lowest BCUT2D eigenvalue weighted by molar-refractivity contribution is 0.368. The van der Waals surface area contributed by atoms with E-state index in [1.54, 1.807) is 0 Å². The van der Waals surface area contributed by atoms with Gasteiger partial charge in [0.1, 0.15) is 0 Å². The molecule has 2 aromatic rings. The number of hydrogen-bond donors (Lipinski definition) is 1. The Morgan fingerprint density at radius 1 is 1.32 bits per heavy atom. The van der Waals surface area contributed by atoms with E-state index in [-0.39, 0.29) is 0 Å². The second kappa shape index (κ2) is 5.93. The lowest BCUT2D eigenvalue weighted by atomic mass is 9.96. The van der Waals surface area contributed by atoms with E-state index < -0.39 is 0 Å². The number of nitrogens with one attached hydrogen (secondary N) is 1. The van der Waals surface area contributed by atoms with Crippen molar-refractivity contribution >= 4 is 11.3 Å². The van der Waals surface area contributed by atoms with Gasteiger partial charge in [0.15, 0.2) is 0 Å². The van der Waals surface area contributed by atoms with Crippen molar-refractivity contribution in [1.82, 2.24) is 9.88 Å². The number of rotatable bonds is 5. The minimum atomic E-state index is 0.539. The van der Waals surface area contributed by atoms with E-state index in [9.17, 15) is 0 Å². The molecule has 2 aromatic heterocycles. The molecule has 2 nitrogen and oxygen atoms in total. The highest BCUT2D eigenvalue weighted by atomic mass is 32.1. The van der Waals surface area contributed by atoms with Crippen molar-refractivity contribution in [3.05, 3.63) is 46.4 Å². The summed E-state index contributed by atoms with van der Waals surface area (Å²) in [6, 6.07) is 9.31. The van der Waals surface area contributed by atoms with Gasteiger partial charge in [-0.05, 0) is 42.3 Å². The van der Waals surface area contributed by atoms with Gasteiger partial charge >= 0.3 is 0 Å². The molecule has 1 aliphatic rings. The van der Waals surface area contributed by atoms with E-state index in [0.29, 0.717) is 6.04 Å². The maximum atomic E-state index is 3.80. The molecule has 0 amide bonds. The molecule has 3 rings (SSSR count). The van der Waals surface area contributed by atoms with Crippen LogP contribution >= 0.6 is 11.3 Å². The predicted molar refractivity (Wildman–Crippen MR) is 81.3 cm³/mol. The Morgan fingerprint density at radius 2 is 2.16 bits per heavy atom. The van der Waals surface area contributed by atoms with Crippen molar-refractivity contribution in [2.75, 3.05) is 0 Å². The van der Waals surface area contributed by atoms with Crippen LogP contribution in [0.25, 0.3) is 0 Å². The molecule has 102 valence electrons. The first-order valence-corrected chi connectivity index (χ1v) is 8.09. The van der Waals surface area contributed by atoms with Crippen LogP contribution in [-0.4, -0.2) is 4.57 Å². The molecule has 0 spiro atoms. The molecule has 0 saturated heterocycles. The maximum Gasteiger partial charge on any atom is 0.0446 e. The number of aryl methyl sites for hydroxylation is 1. The largest absolute Gasteiger partial charge is 0.353 e. The van der Waals surface area contributed by atoms with Gasteiger partial charge in [0, 0.05) is 36.4 Å². The summed E-state index contributed by atoms with van der Waals surface area (Å²) >= 11 is 1.89. The molecule has 1 atom stereocenters. The highest BCUT2D eigenvalue weighted by Crippen LogP contribution is 2.37. The van der Waals surface area contributed by atoms with Gasteiger partial charge in [-0.25, -0.2) is 0 Å². The Kier molecular flexibility index (Phi) is 4.04. The van der Waals surface area contributed by atoms with E-state index >= 15 is 0 Å². The van der Waals surface area contributed by atoms with Crippen LogP contribution in [-0.2, 0) is 13.6 Å². The minimum Gasteiger partial charge on any atom is -0.353 e. The maximum absolute atomic E-state index is 3.80. The Labute approximate surface area is 119 Å². The van der Waals surface area contributed by atoms with Gasteiger partial charge in [-0.3, -0.25) is 0 Å². The van der Waals surface area contributed by atoms with Crippen LogP contribution in [0, 0.1) is 5.92 Å². The van der Waals surface area contributed by atoms with Gasteiger partial charge in [0.2, 0.25) is 0 Å². The van der Waals surface area contributed by atoms with Gasteiger partial charge in [0.05, 0.1) is 0 Å². The quantitative estimate of drug-likeness (QED) is 0.868. The Morgan fingerprint density at radius 3 is 2.79 bits per heavy atom. The van der Waals surface area contributed by atoms with E-state index in [2.05, 4.69) is 52.8 Å². The van der Waals surface area contributed by atoms with Gasteiger partial charge < -0.3 is 9.88 Å². The zero-order valence-electron chi connectivity index (χ0n) is 11.5. The topological polar surface area (TPSA) is 17.0 Å². The van der Waals surface area contributed by atoms with Crippen LogP contribution in [0.3, 0.4) is 0 Å². The zero-order valence-corrected chi connectivity index (χ0v) is 12.3. The molecule has 0 aliphatic heterocycles. The van der Waals surface area contributed by atoms with Crippen LogP contribution < -0.4 is 5.32 Å². The summed E-state index contributed by atoms with van der Waals surface area (Å²) < 4.78 is 2.20. The monoisotopic (exact) mass is 274 g/mol. The number of hydrogen-bond acceptors (Lipinski definition) is 2. The van der Waals surface area contributed by atoms with Crippen molar-refractivity contribution in [2.45, 2.75) is 38.3 Å². The summed E-state index contributed by atoms with van der Waals surface area (Å²) in [6.07, 6.45) is 7.68. The zero-order chi connectivity index (χ0) is 13.1. The van der Waals surface area contributed by atoms with Crippen LogP contribution in [0.2, 0.25) is 0 Å². The number of aromatic nitrogens is 1. The van der Waals surface area contributed by atoms with Crippen molar-refractivity contribution < 1.29 is 0 Å². The summed E-state index contributed by atoms with van der Waals surface area (Å²) in [5.74, 6) is 0.818. The van der Waals surface area contributed by atoms with Gasteiger partial charge in [-0.2, -0.15) is 0 Å². The fraction of sp³-hybridized carbons (Fsp3) is 0.500. The summed E-state index contributed by atoms with van der Waals surface area (Å²) in [6.45, 7) is 0.961. The normalized spacial score (nSPS) is 17.9. The molecular formula is C16H22N2S. The standard InChI is InChI=1S/C16H22N2S/c1-18-10-4-8-14(18)12-17-16(13-6-2-3-7-13)15-9-5-11-19-15/h4-5,8-11,13,16-17H,2-3,6-7,12H2,1H3. The third-order valence-electron chi connectivity index (χ3n) is 4.28. The number of thiophene rings is 1. The van der Waals surface area contributed by atoms with E-state index in [0.717, 1.165) is 12.5 Å². The molecule has 1 N–H and O–H groups in total. The second-order valence-electron chi connectivity index (χ2n) is 5.53. The molecule has 0 bridgehead atoms. The van der Waals surface area contributed by atoms with Gasteiger partial charge in [-0.1, -0.05) is 18.9 Å². The van der Waals surface area contributed by atoms with Crippen LogP contribution in [0.1, 0.15) is 42.3 Å². The molecule has 19 heavy (non-hydrogen) atoms. The average molecular weight is 274 g/mol. The Bertz CT molecular complexity index is 495. The molecular weight excluding hydrogens is 252 g/mol.